The van der Waals surface area contributed by atoms with Crippen molar-refractivity contribution in [2.45, 2.75) is 66.8 Å². The highest BCUT2D eigenvalue weighted by Crippen LogP contribution is 2.37. The molecule has 51 heavy (non-hydrogen) atoms. The number of benzene rings is 2. The molecule has 0 spiro atoms. The first-order chi connectivity index (χ1) is 24.1. The van der Waals surface area contributed by atoms with Gasteiger partial charge in [0.05, 0.1) is 11.1 Å². The van der Waals surface area contributed by atoms with Crippen LogP contribution in [0.3, 0.4) is 0 Å². The fraction of sp³-hybridized carbons (Fsp3) is 0.514. The zero-order chi connectivity index (χ0) is 36.6. The van der Waals surface area contributed by atoms with Gasteiger partial charge in [0.2, 0.25) is 0 Å². The molecule has 4 heterocycles. The van der Waals surface area contributed by atoms with Crippen molar-refractivity contribution in [3.63, 3.8) is 0 Å². The van der Waals surface area contributed by atoms with E-state index >= 15 is 0 Å². The second-order valence-electron chi connectivity index (χ2n) is 13.4. The van der Waals surface area contributed by atoms with Crippen molar-refractivity contribution in [1.29, 1.82) is 0 Å². The fourth-order valence-electron chi connectivity index (χ4n) is 7.52. The zero-order valence-electron chi connectivity index (χ0n) is 27.7. The Hall–Kier alpha value is -3.02. The summed E-state index contributed by atoms with van der Waals surface area (Å²) in [6.07, 6.45) is -7.61. The van der Waals surface area contributed by atoms with Gasteiger partial charge < -0.3 is 10.0 Å². The monoisotopic (exact) mass is 758 g/mol. The number of hydrogen-bond acceptors (Lipinski definition) is 7. The average Bonchev–Trinajstić information content (AvgIpc) is 3.80. The van der Waals surface area contributed by atoms with Gasteiger partial charge in [-0.15, -0.1) is 11.3 Å². The Morgan fingerprint density at radius 2 is 1.41 bits per heavy atom. The topological polar surface area (TPSA) is 84.4 Å². The number of thiophene rings is 1. The number of sulfonamides is 1. The van der Waals surface area contributed by atoms with Crippen LogP contribution in [0.25, 0.3) is 0 Å². The summed E-state index contributed by atoms with van der Waals surface area (Å²) in [6, 6.07) is 11.6. The molecule has 0 aliphatic carbocycles. The molecular weight excluding hydrogens is 719 g/mol. The summed E-state index contributed by atoms with van der Waals surface area (Å²) in [4.78, 5) is 19.8. The van der Waals surface area contributed by atoms with Crippen LogP contribution in [-0.4, -0.2) is 109 Å². The Morgan fingerprint density at radius 3 is 2.02 bits per heavy atom. The van der Waals surface area contributed by atoms with E-state index in [-0.39, 0.29) is 35.5 Å². The molecule has 1 aromatic heterocycles. The Morgan fingerprint density at radius 1 is 0.804 bits per heavy atom. The summed E-state index contributed by atoms with van der Waals surface area (Å²) in [5, 5.41) is 11.0. The minimum absolute atomic E-state index is 0.0330. The first-order valence-electron chi connectivity index (χ1n) is 16.9. The third-order valence-electron chi connectivity index (χ3n) is 10.2. The lowest BCUT2D eigenvalue weighted by atomic mass is 9.90. The molecule has 6 rings (SSSR count). The molecule has 3 atom stereocenters. The van der Waals surface area contributed by atoms with Crippen LogP contribution < -0.4 is 0 Å². The number of alkyl halides is 6. The molecule has 3 aliphatic rings. The molecule has 3 fully saturated rings. The van der Waals surface area contributed by atoms with Crippen LogP contribution >= 0.6 is 11.3 Å². The van der Waals surface area contributed by atoms with E-state index in [0.717, 1.165) is 22.5 Å². The van der Waals surface area contributed by atoms with Crippen molar-refractivity contribution >= 4 is 27.3 Å². The number of hydrogen-bond donors (Lipinski definition) is 1. The average molecular weight is 759 g/mol. The molecule has 3 aromatic rings. The highest BCUT2D eigenvalue weighted by molar-refractivity contribution is 7.91. The van der Waals surface area contributed by atoms with Gasteiger partial charge in [-0.05, 0) is 72.9 Å². The van der Waals surface area contributed by atoms with Gasteiger partial charge >= 0.3 is 12.4 Å². The number of nitrogens with zero attached hydrogens (tertiary/aromatic N) is 4. The number of aliphatic hydroxyl groups excluding tert-OH is 1. The second kappa shape index (κ2) is 15.1. The molecule has 2 aromatic carbocycles. The molecule has 3 aliphatic heterocycles. The predicted octanol–water partition coefficient (Wildman–Crippen LogP) is 5.62. The number of aliphatic hydroxyl groups is 1. The Bertz CT molecular complexity index is 1750. The van der Waals surface area contributed by atoms with Crippen LogP contribution in [-0.2, 0) is 35.2 Å². The maximum Gasteiger partial charge on any atom is 0.416 e. The van der Waals surface area contributed by atoms with Gasteiger partial charge in [-0.3, -0.25) is 14.6 Å². The number of amides is 1. The summed E-state index contributed by atoms with van der Waals surface area (Å²) in [5.41, 5.74) is -1.98. The number of halogens is 6. The summed E-state index contributed by atoms with van der Waals surface area (Å²) < 4.78 is 110. The van der Waals surface area contributed by atoms with Gasteiger partial charge in [0.25, 0.3) is 15.9 Å². The van der Waals surface area contributed by atoms with E-state index in [1.165, 1.54) is 9.21 Å². The Labute approximate surface area is 297 Å². The minimum Gasteiger partial charge on any atom is -0.396 e. The molecule has 3 saturated heterocycles. The minimum atomic E-state index is -5.06. The lowest BCUT2D eigenvalue weighted by Crippen LogP contribution is -2.58. The number of carbonyl (C=O) groups is 1. The number of piperazine rings is 1. The molecular formula is C35H40F6N4O4S2. The number of piperidine rings is 1. The van der Waals surface area contributed by atoms with E-state index in [2.05, 4.69) is 9.80 Å². The van der Waals surface area contributed by atoms with Gasteiger partial charge in [-0.2, -0.15) is 30.6 Å². The van der Waals surface area contributed by atoms with Crippen molar-refractivity contribution in [2.75, 3.05) is 52.4 Å². The van der Waals surface area contributed by atoms with E-state index in [0.29, 0.717) is 83.5 Å². The third-order valence-corrected chi connectivity index (χ3v) is 13.6. The number of carbonyl (C=O) groups excluding carboxylic acids is 1. The third kappa shape index (κ3) is 8.62. The molecule has 16 heteroatoms. The predicted molar refractivity (Wildman–Crippen MR) is 180 cm³/mol. The highest BCUT2D eigenvalue weighted by Gasteiger charge is 2.41. The number of likely N-dealkylation sites (tertiary alicyclic amines) is 1. The van der Waals surface area contributed by atoms with E-state index < -0.39 is 51.0 Å². The van der Waals surface area contributed by atoms with E-state index in [1.54, 1.807) is 11.4 Å². The van der Waals surface area contributed by atoms with Crippen LogP contribution in [0, 0.1) is 0 Å². The van der Waals surface area contributed by atoms with Crippen LogP contribution in [0.5, 0.6) is 0 Å². The molecule has 278 valence electrons. The molecule has 0 bridgehead atoms. The summed E-state index contributed by atoms with van der Waals surface area (Å²) in [6.45, 7) is 3.78. The second-order valence-corrected chi connectivity index (χ2v) is 16.5. The molecule has 3 unspecified atom stereocenters. The maximum atomic E-state index is 13.8. The molecule has 8 nitrogen and oxygen atoms in total. The van der Waals surface area contributed by atoms with Gasteiger partial charge in [0.15, 0.2) is 0 Å². The SMILES string of the molecule is O=C(c1cc(C(F)(F)F)cc(C(F)(F)F)c1)N1CCC(N2CCN(C3CCN(S(=O)(=O)c4cc(CCO)cs4)C3)CC2)CC1Cc1ccccc1. The van der Waals surface area contributed by atoms with Crippen molar-refractivity contribution in [3.8, 4) is 0 Å². The van der Waals surface area contributed by atoms with Gasteiger partial charge in [-0.25, -0.2) is 8.42 Å². The van der Waals surface area contributed by atoms with Crippen molar-refractivity contribution in [3.05, 3.63) is 87.8 Å². The van der Waals surface area contributed by atoms with Crippen molar-refractivity contribution in [1.82, 2.24) is 19.0 Å². The van der Waals surface area contributed by atoms with E-state index in [9.17, 15) is 44.7 Å². The lowest BCUT2D eigenvalue weighted by Gasteiger charge is -2.47. The van der Waals surface area contributed by atoms with E-state index in [1.807, 2.05) is 30.3 Å². The van der Waals surface area contributed by atoms with Gasteiger partial charge in [0, 0.05) is 76.1 Å². The summed E-state index contributed by atoms with van der Waals surface area (Å²) in [5.74, 6) is -0.858. The molecule has 1 N–H and O–H groups in total. The van der Waals surface area contributed by atoms with Gasteiger partial charge in [0.1, 0.15) is 4.21 Å². The van der Waals surface area contributed by atoms with E-state index in [4.69, 9.17) is 0 Å². The van der Waals surface area contributed by atoms with Crippen molar-refractivity contribution < 1.29 is 44.7 Å². The first kappa shape index (κ1) is 37.7. The first-order valence-corrected chi connectivity index (χ1v) is 19.3. The molecule has 1 amide bonds. The van der Waals surface area contributed by atoms with Crippen LogP contribution in [0.4, 0.5) is 26.3 Å². The van der Waals surface area contributed by atoms with Crippen LogP contribution in [0.2, 0.25) is 0 Å². The van der Waals surface area contributed by atoms with Gasteiger partial charge in [-0.1, -0.05) is 30.3 Å². The highest BCUT2D eigenvalue weighted by atomic mass is 32.2. The normalized spacial score (nSPS) is 23.2. The number of rotatable bonds is 9. The Kier molecular flexibility index (Phi) is 11.2. The van der Waals surface area contributed by atoms with Crippen molar-refractivity contribution in [2.24, 2.45) is 0 Å². The fourth-order valence-corrected chi connectivity index (χ4v) is 10.4. The maximum absolute atomic E-state index is 13.8. The molecule has 0 saturated carbocycles. The summed E-state index contributed by atoms with van der Waals surface area (Å²) in [7, 11) is -3.63. The van der Waals surface area contributed by atoms with Crippen LogP contribution in [0.15, 0.2) is 64.2 Å². The Balaban J connectivity index is 1.12. The summed E-state index contributed by atoms with van der Waals surface area (Å²) >= 11 is 1.16. The molecule has 0 radical (unpaired) electrons. The smallest absolute Gasteiger partial charge is 0.396 e. The quantitative estimate of drug-likeness (QED) is 0.286. The largest absolute Gasteiger partial charge is 0.416 e. The standard InChI is InChI=1S/C35H40F6N4O4S2/c36-34(37,38)27-18-26(19-28(20-27)35(39,40)41)33(47)45-10-7-29(21-31(45)16-24-4-2-1-3-5-24)42-11-13-43(14-12-42)30-6-9-44(22-30)51(48,49)32-17-25(8-15-46)23-50-32/h1-5,17-20,23,29-31,46H,6-16,21-22H2. The zero-order valence-corrected chi connectivity index (χ0v) is 29.4. The van der Waals surface area contributed by atoms with Crippen LogP contribution in [0.1, 0.15) is 51.9 Å². The lowest BCUT2D eigenvalue weighted by molar-refractivity contribution is -0.143.